The molecule has 8 heteroatoms. The molecular formula is C29H30N5O3+. The van der Waals surface area contributed by atoms with Crippen LogP contribution in [0, 0.1) is 0 Å². The van der Waals surface area contributed by atoms with E-state index >= 15 is 0 Å². The Morgan fingerprint density at radius 3 is 2.27 bits per heavy atom. The Kier molecular flexibility index (Phi) is 8.22. The quantitative estimate of drug-likeness (QED) is 0.243. The van der Waals surface area contributed by atoms with Gasteiger partial charge in [0.05, 0.1) is 31.2 Å². The zero-order valence-corrected chi connectivity index (χ0v) is 20.7. The number of rotatable bonds is 9. The topological polar surface area (TPSA) is 107 Å². The Morgan fingerprint density at radius 1 is 0.892 bits per heavy atom. The number of para-hydroxylation sites is 2. The van der Waals surface area contributed by atoms with Crippen LogP contribution in [0.1, 0.15) is 27.9 Å². The molecule has 0 aliphatic carbocycles. The van der Waals surface area contributed by atoms with Crippen molar-refractivity contribution in [2.75, 3.05) is 24.7 Å². The summed E-state index contributed by atoms with van der Waals surface area (Å²) < 4.78 is 5.24. The molecule has 0 bridgehead atoms. The molecule has 0 saturated carbocycles. The fourth-order valence-corrected chi connectivity index (χ4v) is 4.32. The van der Waals surface area contributed by atoms with E-state index in [1.54, 1.807) is 42.9 Å². The third-order valence-corrected chi connectivity index (χ3v) is 6.27. The molecule has 3 N–H and O–H groups in total. The molecule has 2 aromatic heterocycles. The first-order valence-electron chi connectivity index (χ1n) is 12.0. The minimum atomic E-state index is -0.374. The number of nitrogens with zero attached hydrogens (tertiary/aromatic N) is 3. The van der Waals surface area contributed by atoms with Gasteiger partial charge in [-0.05, 0) is 48.4 Å². The predicted molar refractivity (Wildman–Crippen MR) is 145 cm³/mol. The van der Waals surface area contributed by atoms with Gasteiger partial charge in [0.2, 0.25) is 0 Å². The van der Waals surface area contributed by atoms with Gasteiger partial charge in [-0.25, -0.2) is 0 Å². The number of hydrogen-bond donors (Lipinski definition) is 2. The van der Waals surface area contributed by atoms with Crippen LogP contribution in [0.5, 0.6) is 0 Å². The van der Waals surface area contributed by atoms with Gasteiger partial charge in [0.15, 0.2) is 5.69 Å². The normalized spacial score (nSPS) is 12.4. The van der Waals surface area contributed by atoms with Crippen molar-refractivity contribution < 1.29 is 14.3 Å². The average Bonchev–Trinajstić information content (AvgIpc) is 2.94. The predicted octanol–water partition coefficient (Wildman–Crippen LogP) is 5.22. The highest BCUT2D eigenvalue weighted by molar-refractivity contribution is 6.05. The molecular weight excluding hydrogens is 466 g/mol. The van der Waals surface area contributed by atoms with Crippen LogP contribution in [0.3, 0.4) is 0 Å². The Labute approximate surface area is 216 Å². The minimum absolute atomic E-state index is 0.0588. The molecule has 2 amide bonds. The van der Waals surface area contributed by atoms with Crippen molar-refractivity contribution in [1.82, 2.24) is 14.5 Å². The van der Waals surface area contributed by atoms with Gasteiger partial charge in [-0.2, -0.15) is 9.28 Å². The van der Waals surface area contributed by atoms with Crippen LogP contribution in [0.15, 0.2) is 97.6 Å². The largest absolute Gasteiger partial charge is 0.521 e. The number of carbonyl (C=O) groups excluding carboxylic acids is 2. The Hall–Kier alpha value is -4.56. The second-order valence-corrected chi connectivity index (χ2v) is 8.73. The zero-order valence-electron chi connectivity index (χ0n) is 20.7. The van der Waals surface area contributed by atoms with E-state index < -0.39 is 0 Å². The van der Waals surface area contributed by atoms with Gasteiger partial charge >= 0.3 is 6.09 Å². The van der Waals surface area contributed by atoms with Gasteiger partial charge in [0.1, 0.15) is 6.54 Å². The molecule has 188 valence electrons. The molecule has 0 radical (unpaired) electrons. The van der Waals surface area contributed by atoms with Gasteiger partial charge in [0, 0.05) is 42.2 Å². The molecule has 0 fully saturated rings. The van der Waals surface area contributed by atoms with Crippen LogP contribution in [-0.2, 0) is 17.7 Å². The summed E-state index contributed by atoms with van der Waals surface area (Å²) in [5, 5.41) is 2.84. The van der Waals surface area contributed by atoms with Crippen LogP contribution in [0.4, 0.5) is 21.9 Å². The third kappa shape index (κ3) is 6.17. The lowest BCUT2D eigenvalue weighted by molar-refractivity contribution is 0.102. The smallest absolute Gasteiger partial charge is 0.423 e. The van der Waals surface area contributed by atoms with E-state index in [0.29, 0.717) is 30.0 Å². The van der Waals surface area contributed by atoms with Crippen LogP contribution in [0.25, 0.3) is 0 Å². The van der Waals surface area contributed by atoms with Gasteiger partial charge < -0.3 is 15.8 Å². The van der Waals surface area contributed by atoms with E-state index in [9.17, 15) is 9.59 Å². The second kappa shape index (κ2) is 11.9. The van der Waals surface area contributed by atoms with E-state index in [0.717, 1.165) is 29.7 Å². The van der Waals surface area contributed by atoms with E-state index in [1.807, 2.05) is 54.7 Å². The summed E-state index contributed by atoms with van der Waals surface area (Å²) in [5.74, 6) is -0.262. The first kappa shape index (κ1) is 25.5. The number of carbonyl (C=O) groups is 2. The van der Waals surface area contributed by atoms with Gasteiger partial charge in [-0.15, -0.1) is 0 Å². The molecule has 1 atom stereocenters. The minimum Gasteiger partial charge on any atom is -0.423 e. The molecule has 4 aromatic rings. The van der Waals surface area contributed by atoms with E-state index in [2.05, 4.69) is 15.3 Å². The number of ether oxygens (including phenoxy) is 1. The number of hydrogen-bond acceptors (Lipinski definition) is 6. The number of aromatic nitrogens is 2. The van der Waals surface area contributed by atoms with Crippen molar-refractivity contribution in [1.29, 1.82) is 0 Å². The molecule has 37 heavy (non-hydrogen) atoms. The second-order valence-electron chi connectivity index (χ2n) is 8.73. The highest BCUT2D eigenvalue weighted by atomic mass is 16.5. The van der Waals surface area contributed by atoms with Crippen molar-refractivity contribution >= 4 is 29.1 Å². The number of nitrogen functional groups attached to an aromatic ring is 1. The summed E-state index contributed by atoms with van der Waals surface area (Å²) >= 11 is 0. The van der Waals surface area contributed by atoms with Crippen LogP contribution >= 0.6 is 0 Å². The van der Waals surface area contributed by atoms with Crippen molar-refractivity contribution in [2.24, 2.45) is 0 Å². The third-order valence-electron chi connectivity index (χ3n) is 6.27. The zero-order chi connectivity index (χ0) is 26.1. The average molecular weight is 497 g/mol. The van der Waals surface area contributed by atoms with Gasteiger partial charge in [-0.1, -0.05) is 30.3 Å². The van der Waals surface area contributed by atoms with Gasteiger partial charge in [-0.3, -0.25) is 14.8 Å². The summed E-state index contributed by atoms with van der Waals surface area (Å²) in [4.78, 5) is 34.5. The molecule has 4 rings (SSSR count). The van der Waals surface area contributed by atoms with Gasteiger partial charge in [0.25, 0.3) is 5.91 Å². The number of benzene rings is 2. The van der Waals surface area contributed by atoms with E-state index in [4.69, 9.17) is 10.5 Å². The Bertz CT molecular complexity index is 1330. The highest BCUT2D eigenvalue weighted by Crippen LogP contribution is 2.28. The molecule has 0 spiro atoms. The number of anilines is 2. The summed E-state index contributed by atoms with van der Waals surface area (Å²) in [6.45, 7) is 0.849. The maximum Gasteiger partial charge on any atom is 0.521 e. The number of nitrogens with two attached hydrogens (primary N) is 1. The SMILES string of the molecule is COC(=O)[N+](CCCc1cccnc1)(Cc1ccc(C(=O)Nc2ccccc2N)cc1)c1cccnc1. The van der Waals surface area contributed by atoms with E-state index in [1.165, 1.54) is 7.11 Å². The number of nitrogens with one attached hydrogen (secondary N) is 1. The van der Waals surface area contributed by atoms with Crippen LogP contribution in [-0.4, -0.2) is 35.6 Å². The summed E-state index contributed by atoms with van der Waals surface area (Å²) in [7, 11) is 1.40. The lowest BCUT2D eigenvalue weighted by Crippen LogP contribution is -2.54. The Balaban J connectivity index is 1.57. The summed E-state index contributed by atoms with van der Waals surface area (Å²) in [5.41, 5.74) is 10.2. The first-order valence-corrected chi connectivity index (χ1v) is 12.0. The lowest BCUT2D eigenvalue weighted by atomic mass is 10.1. The van der Waals surface area contributed by atoms with Crippen molar-refractivity contribution in [3.05, 3.63) is 114 Å². The number of amides is 2. The number of aryl methyl sites for hydroxylation is 1. The molecule has 0 aliphatic heterocycles. The lowest BCUT2D eigenvalue weighted by Gasteiger charge is -2.33. The first-order chi connectivity index (χ1) is 18.0. The monoisotopic (exact) mass is 496 g/mol. The standard InChI is InChI=1S/C29H29N5O3/c1-37-29(36)34(25-9-5-17-32-20-25,18-6-8-22-7-4-16-31-19-22)21-23-12-14-24(15-13-23)28(35)33-27-11-3-2-10-26(27)30/h2-5,7,9-17,19-20H,6,8,18,21,30H2,1H3/p+1. The fourth-order valence-electron chi connectivity index (χ4n) is 4.32. The molecule has 0 aliphatic rings. The number of quaternary nitrogens is 1. The van der Waals surface area contributed by atoms with Crippen molar-refractivity contribution in [3.8, 4) is 0 Å². The van der Waals surface area contributed by atoms with E-state index in [-0.39, 0.29) is 16.5 Å². The summed E-state index contributed by atoms with van der Waals surface area (Å²) in [6, 6.07) is 21.9. The van der Waals surface area contributed by atoms with Crippen molar-refractivity contribution in [3.63, 3.8) is 0 Å². The highest BCUT2D eigenvalue weighted by Gasteiger charge is 2.41. The number of methoxy groups -OCH3 is 1. The molecule has 1 unspecified atom stereocenters. The molecule has 2 aromatic carbocycles. The Morgan fingerprint density at radius 2 is 1.62 bits per heavy atom. The maximum atomic E-state index is 13.3. The fraction of sp³-hybridized carbons (Fsp3) is 0.172. The molecule has 8 nitrogen and oxygen atoms in total. The molecule has 2 heterocycles. The number of pyridine rings is 2. The van der Waals surface area contributed by atoms with Crippen LogP contribution < -0.4 is 15.5 Å². The maximum absolute atomic E-state index is 13.3. The summed E-state index contributed by atoms with van der Waals surface area (Å²) in [6.07, 6.45) is 8.09. The van der Waals surface area contributed by atoms with Crippen molar-refractivity contribution in [2.45, 2.75) is 19.4 Å². The van der Waals surface area contributed by atoms with Crippen LogP contribution in [0.2, 0.25) is 0 Å². The molecule has 0 saturated heterocycles.